The molecule has 2 rings (SSSR count). The Hall–Kier alpha value is -0.200. The molecule has 0 spiro atoms. The van der Waals surface area contributed by atoms with Crippen molar-refractivity contribution >= 4 is 32.4 Å². The van der Waals surface area contributed by atoms with Crippen molar-refractivity contribution in [3.63, 3.8) is 0 Å². The van der Waals surface area contributed by atoms with Crippen LogP contribution in [0.2, 0.25) is 0 Å². The first-order chi connectivity index (χ1) is 7.16. The summed E-state index contributed by atoms with van der Waals surface area (Å²) in [6.07, 6.45) is 2.52. The third-order valence-electron chi connectivity index (χ3n) is 2.59. The number of likely N-dealkylation sites (N-methyl/N-ethyl adjacent to an activating group) is 1. The van der Waals surface area contributed by atoms with Crippen LogP contribution in [0.3, 0.4) is 0 Å². The smallest absolute Gasteiger partial charge is 0.209 e. The minimum absolute atomic E-state index is 0.597. The molecule has 2 heterocycles. The van der Waals surface area contributed by atoms with Crippen LogP contribution in [0.4, 0.5) is 5.13 Å². The van der Waals surface area contributed by atoms with Gasteiger partial charge in [0.2, 0.25) is 5.13 Å². The maximum absolute atomic E-state index is 4.18. The van der Waals surface area contributed by atoms with Gasteiger partial charge >= 0.3 is 0 Å². The SMILES string of the molecule is CN(C)CC1CCCN1c1nnc(Br)s1. The molecular weight excluding hydrogens is 276 g/mol. The van der Waals surface area contributed by atoms with Crippen LogP contribution in [0.15, 0.2) is 3.92 Å². The molecule has 0 N–H and O–H groups in total. The number of halogens is 1. The van der Waals surface area contributed by atoms with E-state index in [0.717, 1.165) is 22.1 Å². The van der Waals surface area contributed by atoms with Gasteiger partial charge in [-0.05, 0) is 42.9 Å². The zero-order valence-corrected chi connectivity index (χ0v) is 11.4. The summed E-state index contributed by atoms with van der Waals surface area (Å²) in [6, 6.07) is 0.597. The molecule has 0 aromatic carbocycles. The predicted octanol–water partition coefficient (Wildman–Crippen LogP) is 1.83. The molecule has 6 heteroatoms. The third kappa shape index (κ3) is 2.68. The molecule has 1 fully saturated rings. The maximum Gasteiger partial charge on any atom is 0.209 e. The molecule has 0 bridgehead atoms. The highest BCUT2D eigenvalue weighted by molar-refractivity contribution is 9.11. The highest BCUT2D eigenvalue weighted by Crippen LogP contribution is 2.30. The fraction of sp³-hybridized carbons (Fsp3) is 0.778. The summed E-state index contributed by atoms with van der Waals surface area (Å²) in [6.45, 7) is 2.21. The van der Waals surface area contributed by atoms with Gasteiger partial charge in [0, 0.05) is 19.1 Å². The van der Waals surface area contributed by atoms with Crippen LogP contribution in [0.25, 0.3) is 0 Å². The number of hydrogen-bond donors (Lipinski definition) is 0. The van der Waals surface area contributed by atoms with Crippen molar-refractivity contribution in [2.45, 2.75) is 18.9 Å². The van der Waals surface area contributed by atoms with Crippen molar-refractivity contribution in [1.82, 2.24) is 15.1 Å². The number of hydrogen-bond acceptors (Lipinski definition) is 5. The van der Waals surface area contributed by atoms with Gasteiger partial charge in [-0.2, -0.15) is 0 Å². The first-order valence-electron chi connectivity index (χ1n) is 5.07. The number of anilines is 1. The Kier molecular flexibility index (Phi) is 3.58. The van der Waals surface area contributed by atoms with Crippen molar-refractivity contribution in [2.24, 2.45) is 0 Å². The van der Waals surface area contributed by atoms with Gasteiger partial charge in [0.1, 0.15) is 0 Å². The van der Waals surface area contributed by atoms with Gasteiger partial charge < -0.3 is 9.80 Å². The molecule has 1 aliphatic heterocycles. The van der Waals surface area contributed by atoms with E-state index in [2.05, 4.69) is 50.0 Å². The Morgan fingerprint density at radius 2 is 2.33 bits per heavy atom. The summed E-state index contributed by atoms with van der Waals surface area (Å²) >= 11 is 4.98. The second kappa shape index (κ2) is 4.76. The van der Waals surface area contributed by atoms with E-state index in [4.69, 9.17) is 0 Å². The quantitative estimate of drug-likeness (QED) is 0.850. The zero-order valence-electron chi connectivity index (χ0n) is 8.98. The average molecular weight is 291 g/mol. The van der Waals surface area contributed by atoms with Crippen LogP contribution in [-0.2, 0) is 0 Å². The molecule has 84 valence electrons. The Bertz CT molecular complexity index is 328. The van der Waals surface area contributed by atoms with E-state index in [1.807, 2.05) is 0 Å². The zero-order chi connectivity index (χ0) is 10.8. The summed E-state index contributed by atoms with van der Waals surface area (Å²) in [5.74, 6) is 0. The summed E-state index contributed by atoms with van der Waals surface area (Å²) in [5, 5.41) is 9.24. The van der Waals surface area contributed by atoms with Crippen LogP contribution in [0, 0.1) is 0 Å². The number of rotatable bonds is 3. The first-order valence-corrected chi connectivity index (χ1v) is 6.68. The lowest BCUT2D eigenvalue weighted by Crippen LogP contribution is -2.37. The molecule has 1 saturated heterocycles. The third-order valence-corrected chi connectivity index (χ3v) is 3.98. The molecule has 0 radical (unpaired) electrons. The number of nitrogens with zero attached hydrogens (tertiary/aromatic N) is 4. The Balaban J connectivity index is 2.07. The van der Waals surface area contributed by atoms with Gasteiger partial charge in [0.15, 0.2) is 3.92 Å². The van der Waals surface area contributed by atoms with Crippen LogP contribution in [-0.4, -0.2) is 48.3 Å². The van der Waals surface area contributed by atoms with Crippen molar-refractivity contribution in [2.75, 3.05) is 32.1 Å². The van der Waals surface area contributed by atoms with Crippen molar-refractivity contribution < 1.29 is 0 Å². The van der Waals surface area contributed by atoms with Crippen LogP contribution < -0.4 is 4.90 Å². The van der Waals surface area contributed by atoms with E-state index < -0.39 is 0 Å². The summed E-state index contributed by atoms with van der Waals surface area (Å²) in [4.78, 5) is 4.61. The van der Waals surface area contributed by atoms with Crippen LogP contribution in [0.1, 0.15) is 12.8 Å². The monoisotopic (exact) mass is 290 g/mol. The van der Waals surface area contributed by atoms with Gasteiger partial charge in [-0.1, -0.05) is 11.3 Å². The lowest BCUT2D eigenvalue weighted by molar-refractivity contribution is 0.372. The van der Waals surface area contributed by atoms with Gasteiger partial charge in [-0.3, -0.25) is 0 Å². The van der Waals surface area contributed by atoms with E-state index in [1.54, 1.807) is 11.3 Å². The van der Waals surface area contributed by atoms with Crippen LogP contribution in [0.5, 0.6) is 0 Å². The van der Waals surface area contributed by atoms with Gasteiger partial charge in [0.25, 0.3) is 0 Å². The highest BCUT2D eigenvalue weighted by Gasteiger charge is 2.27. The highest BCUT2D eigenvalue weighted by atomic mass is 79.9. The van der Waals surface area contributed by atoms with E-state index in [1.165, 1.54) is 12.8 Å². The molecule has 0 aliphatic carbocycles. The van der Waals surface area contributed by atoms with Gasteiger partial charge in [-0.25, -0.2) is 0 Å². The second-order valence-corrected chi connectivity index (χ2v) is 6.32. The lowest BCUT2D eigenvalue weighted by atomic mass is 10.2. The summed E-state index contributed by atoms with van der Waals surface area (Å²) in [5.41, 5.74) is 0. The topological polar surface area (TPSA) is 32.3 Å². The maximum atomic E-state index is 4.18. The van der Waals surface area contributed by atoms with Crippen molar-refractivity contribution in [1.29, 1.82) is 0 Å². The Morgan fingerprint density at radius 1 is 1.53 bits per heavy atom. The summed E-state index contributed by atoms with van der Waals surface area (Å²) < 4.78 is 0.869. The predicted molar refractivity (Wildman–Crippen MR) is 66.5 cm³/mol. The van der Waals surface area contributed by atoms with E-state index in [9.17, 15) is 0 Å². The van der Waals surface area contributed by atoms with E-state index in [0.29, 0.717) is 6.04 Å². The summed E-state index contributed by atoms with van der Waals surface area (Å²) in [7, 11) is 4.24. The molecule has 1 unspecified atom stereocenters. The molecule has 15 heavy (non-hydrogen) atoms. The van der Waals surface area contributed by atoms with Gasteiger partial charge in [0.05, 0.1) is 0 Å². The largest absolute Gasteiger partial charge is 0.342 e. The fourth-order valence-electron chi connectivity index (χ4n) is 2.01. The Morgan fingerprint density at radius 3 is 2.93 bits per heavy atom. The normalized spacial score (nSPS) is 21.6. The molecule has 1 aliphatic rings. The second-order valence-electron chi connectivity index (χ2n) is 4.09. The molecule has 0 amide bonds. The molecule has 1 aromatic rings. The van der Waals surface area contributed by atoms with E-state index >= 15 is 0 Å². The average Bonchev–Trinajstić information content (AvgIpc) is 2.72. The number of aromatic nitrogens is 2. The lowest BCUT2D eigenvalue weighted by Gasteiger charge is -2.26. The molecular formula is C9H15BrN4S. The molecule has 1 aromatic heterocycles. The molecule has 1 atom stereocenters. The minimum atomic E-state index is 0.597. The van der Waals surface area contributed by atoms with Crippen molar-refractivity contribution in [3.8, 4) is 0 Å². The van der Waals surface area contributed by atoms with Crippen molar-refractivity contribution in [3.05, 3.63) is 3.92 Å². The molecule has 0 saturated carbocycles. The fourth-order valence-corrected chi connectivity index (χ4v) is 3.20. The first kappa shape index (κ1) is 11.3. The standard InChI is InChI=1S/C9H15BrN4S/c1-13(2)6-7-4-3-5-14(7)9-12-11-8(10)15-9/h7H,3-6H2,1-2H3. The van der Waals surface area contributed by atoms with Gasteiger partial charge in [-0.15, -0.1) is 10.2 Å². The van der Waals surface area contributed by atoms with E-state index in [-0.39, 0.29) is 0 Å². The Labute approximate surface area is 102 Å². The minimum Gasteiger partial charge on any atom is -0.342 e. The molecule has 4 nitrogen and oxygen atoms in total. The van der Waals surface area contributed by atoms with Crippen LogP contribution >= 0.6 is 27.3 Å².